The number of phenols is 1. The summed E-state index contributed by atoms with van der Waals surface area (Å²) in [6.45, 7) is 0.305. The minimum atomic E-state index is -3.59. The van der Waals surface area contributed by atoms with Gasteiger partial charge in [0.1, 0.15) is 5.52 Å². The fourth-order valence-corrected chi connectivity index (χ4v) is 3.85. The van der Waals surface area contributed by atoms with Crippen LogP contribution in [0.1, 0.15) is 5.56 Å². The minimum Gasteiger partial charge on any atom is -0.505 e. The lowest BCUT2D eigenvalue weighted by Gasteiger charge is -2.20. The average molecular weight is 398 g/mol. The summed E-state index contributed by atoms with van der Waals surface area (Å²) in [7, 11) is -2.16. The van der Waals surface area contributed by atoms with Crippen LogP contribution in [0.15, 0.2) is 49.1 Å². The van der Waals surface area contributed by atoms with Crippen molar-refractivity contribution in [2.75, 3.05) is 17.6 Å². The Labute approximate surface area is 161 Å². The fraction of sp³-hybridized carbons (Fsp3) is 0.158. The van der Waals surface area contributed by atoms with Crippen LogP contribution in [0.3, 0.4) is 0 Å². The van der Waals surface area contributed by atoms with Gasteiger partial charge in [0.05, 0.1) is 23.9 Å². The van der Waals surface area contributed by atoms with Gasteiger partial charge in [0, 0.05) is 42.6 Å². The molecule has 144 valence electrons. The molecule has 0 aliphatic heterocycles. The number of sulfonamides is 1. The highest BCUT2D eigenvalue weighted by Gasteiger charge is 2.25. The second-order valence-corrected chi connectivity index (χ2v) is 8.57. The normalized spacial score (nSPS) is 11.9. The van der Waals surface area contributed by atoms with Gasteiger partial charge < -0.3 is 14.8 Å². The van der Waals surface area contributed by atoms with E-state index >= 15 is 0 Å². The molecule has 1 aromatic carbocycles. The lowest BCUT2D eigenvalue weighted by Crippen LogP contribution is -2.25. The Hall–Kier alpha value is -3.33. The third kappa shape index (κ3) is 2.80. The number of aromatic hydroxyl groups is 2. The number of fused-ring (bicyclic) bond motifs is 2. The molecule has 9 heteroatoms. The van der Waals surface area contributed by atoms with Crippen molar-refractivity contribution in [3.05, 3.63) is 54.6 Å². The molecule has 0 atom stereocenters. The molecule has 28 heavy (non-hydrogen) atoms. The van der Waals surface area contributed by atoms with E-state index in [4.69, 9.17) is 0 Å². The summed E-state index contributed by atoms with van der Waals surface area (Å²) < 4.78 is 27.2. The zero-order valence-electron chi connectivity index (χ0n) is 15.2. The Morgan fingerprint density at radius 2 is 1.89 bits per heavy atom. The molecule has 0 aliphatic carbocycles. The number of pyridine rings is 2. The van der Waals surface area contributed by atoms with Crippen LogP contribution >= 0.6 is 0 Å². The second-order valence-electron chi connectivity index (χ2n) is 6.56. The van der Waals surface area contributed by atoms with Crippen molar-refractivity contribution in [1.82, 2.24) is 14.5 Å². The van der Waals surface area contributed by atoms with Crippen molar-refractivity contribution in [2.45, 2.75) is 6.54 Å². The van der Waals surface area contributed by atoms with Gasteiger partial charge in [-0.3, -0.25) is 14.3 Å². The number of rotatable bonds is 4. The largest absolute Gasteiger partial charge is 0.505 e. The molecule has 0 spiro atoms. The molecule has 8 nitrogen and oxygen atoms in total. The van der Waals surface area contributed by atoms with Crippen molar-refractivity contribution in [1.29, 1.82) is 0 Å². The summed E-state index contributed by atoms with van der Waals surface area (Å²) in [4.78, 5) is 8.25. The first-order chi connectivity index (χ1) is 13.3. The highest BCUT2D eigenvalue weighted by molar-refractivity contribution is 7.92. The number of hydrogen-bond acceptors (Lipinski definition) is 6. The Bertz CT molecular complexity index is 1300. The summed E-state index contributed by atoms with van der Waals surface area (Å²) >= 11 is 0. The molecule has 0 bridgehead atoms. The molecule has 0 saturated carbocycles. The summed E-state index contributed by atoms with van der Waals surface area (Å²) in [6, 6.07) is 7.00. The number of nitrogens with zero attached hydrogens (tertiary/aromatic N) is 4. The molecule has 0 unspecified atom stereocenters. The van der Waals surface area contributed by atoms with Crippen LogP contribution in [-0.4, -0.2) is 46.5 Å². The van der Waals surface area contributed by atoms with E-state index in [1.165, 1.54) is 13.2 Å². The highest BCUT2D eigenvalue weighted by atomic mass is 32.2. The van der Waals surface area contributed by atoms with Crippen LogP contribution < -0.4 is 4.31 Å². The second kappa shape index (κ2) is 6.38. The van der Waals surface area contributed by atoms with E-state index in [0.29, 0.717) is 23.0 Å². The van der Waals surface area contributed by atoms with Gasteiger partial charge in [-0.2, -0.15) is 0 Å². The Morgan fingerprint density at radius 3 is 2.57 bits per heavy atom. The quantitative estimate of drug-likeness (QED) is 0.547. The summed E-state index contributed by atoms with van der Waals surface area (Å²) in [6.07, 6.45) is 7.55. The first kappa shape index (κ1) is 18.1. The van der Waals surface area contributed by atoms with E-state index < -0.39 is 10.0 Å². The van der Waals surface area contributed by atoms with Crippen molar-refractivity contribution in [3.8, 4) is 11.6 Å². The third-order valence-corrected chi connectivity index (χ3v) is 5.89. The molecule has 0 amide bonds. The molecular weight excluding hydrogens is 380 g/mol. The Balaban J connectivity index is 2.07. The number of hydrogen-bond donors (Lipinski definition) is 2. The van der Waals surface area contributed by atoms with E-state index in [0.717, 1.165) is 16.1 Å². The van der Waals surface area contributed by atoms with E-state index in [1.54, 1.807) is 41.4 Å². The molecule has 0 fully saturated rings. The van der Waals surface area contributed by atoms with Gasteiger partial charge in [-0.1, -0.05) is 6.07 Å². The van der Waals surface area contributed by atoms with Gasteiger partial charge in [0.15, 0.2) is 5.75 Å². The number of aromatic nitrogens is 3. The zero-order chi connectivity index (χ0) is 20.1. The van der Waals surface area contributed by atoms with E-state index in [2.05, 4.69) is 9.97 Å². The van der Waals surface area contributed by atoms with E-state index in [-0.39, 0.29) is 22.5 Å². The standard InChI is InChI=1S/C19H18N4O4S/c1-22(28(2,26)27)17-13-6-4-8-21-16(13)18(24)15-14(17)11-23(19(15)25)10-12-5-3-7-20-9-12/h3-9,11,24-25H,10H2,1-2H3. The zero-order valence-corrected chi connectivity index (χ0v) is 16.1. The maximum Gasteiger partial charge on any atom is 0.232 e. The van der Waals surface area contributed by atoms with Gasteiger partial charge in [-0.25, -0.2) is 8.42 Å². The molecular formula is C19H18N4O4S. The number of benzene rings is 1. The van der Waals surface area contributed by atoms with Crippen LogP contribution in [0.25, 0.3) is 21.7 Å². The first-order valence-corrected chi connectivity index (χ1v) is 10.3. The Morgan fingerprint density at radius 1 is 1.14 bits per heavy atom. The van der Waals surface area contributed by atoms with Gasteiger partial charge >= 0.3 is 0 Å². The SMILES string of the molecule is CN(c1c2cccnc2c(O)c2c(O)n(Cc3cccnc3)cc12)S(C)(=O)=O. The first-order valence-electron chi connectivity index (χ1n) is 8.43. The molecule has 4 aromatic rings. The van der Waals surface area contributed by atoms with Crippen molar-refractivity contribution in [2.24, 2.45) is 0 Å². The molecule has 0 saturated heterocycles. The van der Waals surface area contributed by atoms with Crippen LogP contribution in [0.2, 0.25) is 0 Å². The van der Waals surface area contributed by atoms with Gasteiger partial charge in [-0.05, 0) is 23.8 Å². The number of anilines is 1. The molecule has 0 radical (unpaired) electrons. The van der Waals surface area contributed by atoms with Gasteiger partial charge in [0.25, 0.3) is 0 Å². The maximum atomic E-state index is 12.3. The smallest absolute Gasteiger partial charge is 0.232 e. The third-order valence-electron chi connectivity index (χ3n) is 4.72. The lowest BCUT2D eigenvalue weighted by atomic mass is 10.1. The molecule has 2 N–H and O–H groups in total. The van der Waals surface area contributed by atoms with Crippen molar-refractivity contribution < 1.29 is 18.6 Å². The topological polar surface area (TPSA) is 109 Å². The average Bonchev–Trinajstić information content (AvgIpc) is 2.98. The van der Waals surface area contributed by atoms with Crippen LogP contribution in [-0.2, 0) is 16.6 Å². The van der Waals surface area contributed by atoms with Gasteiger partial charge in [0.2, 0.25) is 15.9 Å². The molecule has 3 aromatic heterocycles. The monoisotopic (exact) mass is 398 g/mol. The highest BCUT2D eigenvalue weighted by Crippen LogP contribution is 2.46. The maximum absolute atomic E-state index is 12.3. The molecule has 0 aliphatic rings. The fourth-order valence-electron chi connectivity index (χ4n) is 3.32. The van der Waals surface area contributed by atoms with Crippen LogP contribution in [0.4, 0.5) is 5.69 Å². The predicted octanol–water partition coefficient (Wildman–Crippen LogP) is 2.44. The van der Waals surface area contributed by atoms with E-state index in [9.17, 15) is 18.6 Å². The van der Waals surface area contributed by atoms with Gasteiger partial charge in [-0.15, -0.1) is 0 Å². The van der Waals surface area contributed by atoms with Crippen LogP contribution in [0.5, 0.6) is 11.6 Å². The predicted molar refractivity (Wildman–Crippen MR) is 107 cm³/mol. The lowest BCUT2D eigenvalue weighted by molar-refractivity contribution is 0.425. The van der Waals surface area contributed by atoms with E-state index in [1.807, 2.05) is 6.07 Å². The summed E-state index contributed by atoms with van der Waals surface area (Å²) in [5.74, 6) is -0.370. The van der Waals surface area contributed by atoms with Crippen LogP contribution in [0, 0.1) is 0 Å². The summed E-state index contributed by atoms with van der Waals surface area (Å²) in [5.41, 5.74) is 1.41. The molecule has 4 rings (SSSR count). The summed E-state index contributed by atoms with van der Waals surface area (Å²) in [5, 5.41) is 22.6. The Kier molecular flexibility index (Phi) is 4.11. The number of phenolic OH excluding ortho intramolecular Hbond substituents is 1. The molecule has 3 heterocycles. The van der Waals surface area contributed by atoms with Crippen molar-refractivity contribution >= 4 is 37.4 Å². The minimum absolute atomic E-state index is 0.153. The van der Waals surface area contributed by atoms with Crippen molar-refractivity contribution in [3.63, 3.8) is 0 Å².